The molecule has 0 amide bonds. The minimum atomic E-state index is -0.420. The molecule has 57 heavy (non-hydrogen) atoms. The van der Waals surface area contributed by atoms with Gasteiger partial charge in [0.2, 0.25) is 0 Å². The number of aromatic nitrogens is 2. The molecule has 0 fully saturated rings. The van der Waals surface area contributed by atoms with E-state index in [4.69, 9.17) is 0 Å². The average Bonchev–Trinajstić information content (AvgIpc) is 3.99. The Balaban J connectivity index is 0.000000365. The van der Waals surface area contributed by atoms with E-state index >= 15 is 0 Å². The van der Waals surface area contributed by atoms with Crippen molar-refractivity contribution in [3.8, 4) is 27.9 Å². The second-order valence-corrected chi connectivity index (χ2v) is 14.9. The summed E-state index contributed by atoms with van der Waals surface area (Å²) in [5.74, 6) is 0. The van der Waals surface area contributed by atoms with E-state index in [2.05, 4.69) is 216 Å². The average molecular weight is 727 g/mol. The van der Waals surface area contributed by atoms with E-state index in [1.165, 1.54) is 93.7 Å². The van der Waals surface area contributed by atoms with E-state index in [0.717, 1.165) is 0 Å². The van der Waals surface area contributed by atoms with Crippen molar-refractivity contribution in [3.63, 3.8) is 0 Å². The molecule has 0 unspecified atom stereocenters. The van der Waals surface area contributed by atoms with Gasteiger partial charge in [0, 0.05) is 33.6 Å². The summed E-state index contributed by atoms with van der Waals surface area (Å²) in [6, 6.07) is 79.5. The van der Waals surface area contributed by atoms with Gasteiger partial charge in [-0.1, -0.05) is 176 Å². The van der Waals surface area contributed by atoms with Crippen molar-refractivity contribution in [2.75, 3.05) is 0 Å². The van der Waals surface area contributed by atoms with E-state index in [0.29, 0.717) is 0 Å². The molecule has 0 saturated heterocycles. The van der Waals surface area contributed by atoms with Crippen LogP contribution in [0.3, 0.4) is 0 Å². The Morgan fingerprint density at radius 2 is 1.00 bits per heavy atom. The molecule has 12 rings (SSSR count). The lowest BCUT2D eigenvalue weighted by atomic mass is 9.67. The van der Waals surface area contributed by atoms with Crippen LogP contribution in [-0.2, 0) is 5.41 Å². The first-order valence-corrected chi connectivity index (χ1v) is 19.7. The number of nitrogens with one attached hydrogen (secondary N) is 1. The summed E-state index contributed by atoms with van der Waals surface area (Å²) in [6.07, 6.45) is 1.95. The van der Waals surface area contributed by atoms with Crippen LogP contribution in [0.5, 0.6) is 0 Å². The topological polar surface area (TPSA) is 20.7 Å². The zero-order chi connectivity index (χ0) is 37.8. The smallest absolute Gasteiger partial charge is 0.0713 e. The van der Waals surface area contributed by atoms with Crippen LogP contribution in [0.25, 0.3) is 71.4 Å². The first-order valence-electron chi connectivity index (χ1n) is 19.7. The van der Waals surface area contributed by atoms with Crippen molar-refractivity contribution in [2.45, 2.75) is 5.41 Å². The molecule has 0 aliphatic heterocycles. The van der Waals surface area contributed by atoms with Gasteiger partial charge < -0.3 is 9.55 Å². The molecule has 1 N–H and O–H groups in total. The number of benzene rings is 9. The third-order valence-electron chi connectivity index (χ3n) is 11.9. The van der Waals surface area contributed by atoms with Crippen LogP contribution in [0, 0.1) is 0 Å². The Hall–Kier alpha value is -7.42. The first-order chi connectivity index (χ1) is 28.3. The van der Waals surface area contributed by atoms with Crippen LogP contribution in [0.15, 0.2) is 225 Å². The van der Waals surface area contributed by atoms with Crippen LogP contribution in [-0.4, -0.2) is 9.55 Å². The monoisotopic (exact) mass is 726 g/mol. The van der Waals surface area contributed by atoms with Crippen LogP contribution in [0.2, 0.25) is 0 Å². The largest absolute Gasteiger partial charge is 0.361 e. The molecular formula is C55H38N2. The Labute approximate surface area is 331 Å². The Morgan fingerprint density at radius 3 is 1.77 bits per heavy atom. The molecule has 268 valence electrons. The number of fused-ring (bicyclic) bond motifs is 9. The number of aromatic amines is 1. The fourth-order valence-corrected chi connectivity index (χ4v) is 9.42. The summed E-state index contributed by atoms with van der Waals surface area (Å²) in [5.41, 5.74) is 14.7. The van der Waals surface area contributed by atoms with Gasteiger partial charge in [-0.05, 0) is 97.7 Å². The molecule has 2 nitrogen and oxygen atoms in total. The van der Waals surface area contributed by atoms with Gasteiger partial charge in [0.25, 0.3) is 0 Å². The molecule has 0 radical (unpaired) electrons. The molecule has 2 heteroatoms. The molecule has 2 heterocycles. The molecule has 0 bridgehead atoms. The minimum absolute atomic E-state index is 0.420. The SMILES string of the molecule is c1ccc(-n2c3ccc(-c4ccc5c(c4)C(c4ccccc4)(c4ccccc4)c4ccccc4-5)cc3c3ccc4ccccc4c32)cc1.c1ccc2[nH]ccc2c1. The van der Waals surface area contributed by atoms with E-state index in [1.54, 1.807) is 0 Å². The van der Waals surface area contributed by atoms with Crippen molar-refractivity contribution in [2.24, 2.45) is 0 Å². The molecule has 1 aliphatic carbocycles. The lowest BCUT2D eigenvalue weighted by molar-refractivity contribution is 0.769. The highest BCUT2D eigenvalue weighted by Gasteiger charge is 2.46. The fourth-order valence-electron chi connectivity index (χ4n) is 9.42. The van der Waals surface area contributed by atoms with Crippen LogP contribution in [0.1, 0.15) is 22.3 Å². The number of H-pyrrole nitrogens is 1. The van der Waals surface area contributed by atoms with E-state index in [9.17, 15) is 0 Å². The quantitative estimate of drug-likeness (QED) is 0.186. The van der Waals surface area contributed by atoms with Crippen molar-refractivity contribution in [1.29, 1.82) is 0 Å². The first kappa shape index (κ1) is 33.0. The second kappa shape index (κ2) is 13.4. The molecule has 1 aliphatic rings. The lowest BCUT2D eigenvalue weighted by Crippen LogP contribution is -2.28. The summed E-state index contributed by atoms with van der Waals surface area (Å²) in [6.45, 7) is 0. The predicted octanol–water partition coefficient (Wildman–Crippen LogP) is 14.1. The van der Waals surface area contributed by atoms with E-state index in [-0.39, 0.29) is 0 Å². The van der Waals surface area contributed by atoms with Gasteiger partial charge in [-0.15, -0.1) is 0 Å². The molecule has 0 saturated carbocycles. The van der Waals surface area contributed by atoms with Crippen molar-refractivity contribution in [3.05, 3.63) is 247 Å². The Kier molecular flexibility index (Phi) is 7.75. The van der Waals surface area contributed by atoms with Crippen LogP contribution in [0.4, 0.5) is 0 Å². The maximum absolute atomic E-state index is 3.12. The highest BCUT2D eigenvalue weighted by molar-refractivity contribution is 6.19. The van der Waals surface area contributed by atoms with Gasteiger partial charge >= 0.3 is 0 Å². The third-order valence-corrected chi connectivity index (χ3v) is 11.9. The van der Waals surface area contributed by atoms with Gasteiger partial charge in [-0.2, -0.15) is 0 Å². The highest BCUT2D eigenvalue weighted by Crippen LogP contribution is 2.56. The highest BCUT2D eigenvalue weighted by atomic mass is 15.0. The Morgan fingerprint density at radius 1 is 0.386 bits per heavy atom. The second-order valence-electron chi connectivity index (χ2n) is 14.9. The van der Waals surface area contributed by atoms with Gasteiger partial charge in [0.05, 0.1) is 16.4 Å². The van der Waals surface area contributed by atoms with Gasteiger partial charge in [0.1, 0.15) is 0 Å². The maximum Gasteiger partial charge on any atom is 0.0713 e. The number of nitrogens with zero attached hydrogens (tertiary/aromatic N) is 1. The summed E-state index contributed by atoms with van der Waals surface area (Å²) in [5, 5.41) is 6.32. The fraction of sp³-hybridized carbons (Fsp3) is 0.0182. The minimum Gasteiger partial charge on any atom is -0.361 e. The number of para-hydroxylation sites is 2. The number of rotatable bonds is 4. The molecule has 0 spiro atoms. The van der Waals surface area contributed by atoms with E-state index in [1.807, 2.05) is 18.3 Å². The molecule has 2 aromatic heterocycles. The van der Waals surface area contributed by atoms with Gasteiger partial charge in [0.15, 0.2) is 0 Å². The molecular weight excluding hydrogens is 689 g/mol. The summed E-state index contributed by atoms with van der Waals surface area (Å²) in [7, 11) is 0. The zero-order valence-corrected chi connectivity index (χ0v) is 31.3. The normalized spacial score (nSPS) is 12.7. The summed E-state index contributed by atoms with van der Waals surface area (Å²) in [4.78, 5) is 3.12. The van der Waals surface area contributed by atoms with Crippen LogP contribution >= 0.6 is 0 Å². The Bertz CT molecular complexity index is 3160. The number of hydrogen-bond acceptors (Lipinski definition) is 0. The summed E-state index contributed by atoms with van der Waals surface area (Å²) >= 11 is 0. The maximum atomic E-state index is 3.12. The molecule has 11 aromatic rings. The zero-order valence-electron chi connectivity index (χ0n) is 31.3. The third kappa shape index (κ3) is 5.18. The van der Waals surface area contributed by atoms with Crippen molar-refractivity contribution < 1.29 is 0 Å². The number of hydrogen-bond donors (Lipinski definition) is 1. The van der Waals surface area contributed by atoms with Gasteiger partial charge in [-0.3, -0.25) is 0 Å². The standard InChI is InChI=1S/C47H31N.C8H7N/c1-4-15-35(16-5-1)47(36-17-6-2-7-18-36)43-23-13-12-22-39(43)40-27-25-34(31-44(40)47)33-26-29-45-42(30-33)41-28-24-32-14-10-11-21-38(32)46(41)48(45)37-19-8-3-9-20-37;1-2-4-8-7(3-1)5-6-9-8/h1-31H;1-6,9H. The van der Waals surface area contributed by atoms with Crippen molar-refractivity contribution >= 4 is 43.5 Å². The summed E-state index contributed by atoms with van der Waals surface area (Å²) < 4.78 is 2.44. The predicted molar refractivity (Wildman–Crippen MR) is 239 cm³/mol. The van der Waals surface area contributed by atoms with Gasteiger partial charge in [-0.25, -0.2) is 0 Å². The van der Waals surface area contributed by atoms with E-state index < -0.39 is 5.41 Å². The lowest BCUT2D eigenvalue weighted by Gasteiger charge is -2.34. The molecule has 0 atom stereocenters. The molecule has 9 aromatic carbocycles. The van der Waals surface area contributed by atoms with Crippen molar-refractivity contribution in [1.82, 2.24) is 9.55 Å². The van der Waals surface area contributed by atoms with Crippen LogP contribution < -0.4 is 0 Å².